The molecule has 0 fully saturated rings. The highest BCUT2D eigenvalue weighted by Gasteiger charge is 2.66. The molecule has 0 aromatic heterocycles. The van der Waals surface area contributed by atoms with Crippen LogP contribution in [0.5, 0.6) is 0 Å². The molecule has 0 rings (SSSR count). The molecule has 1 N–H and O–H groups in total. The monoisotopic (exact) mass is 461 g/mol. The fourth-order valence-corrected chi connectivity index (χ4v) is 1.88. The van der Waals surface area contributed by atoms with Gasteiger partial charge in [0.15, 0.2) is 0 Å². The summed E-state index contributed by atoms with van der Waals surface area (Å²) < 4.78 is 113. The highest BCUT2D eigenvalue weighted by atomic mass is 32.1. The summed E-state index contributed by atoms with van der Waals surface area (Å²) in [6.45, 7) is 2.53. The lowest BCUT2D eigenvalue weighted by Crippen LogP contribution is -2.61. The predicted molar refractivity (Wildman–Crippen MR) is 87.1 cm³/mol. The first-order valence-electron chi connectivity index (χ1n) is 8.06. The summed E-state index contributed by atoms with van der Waals surface area (Å²) in [5.74, 6) is -15.0. The number of esters is 1. The molecule has 29 heavy (non-hydrogen) atoms. The van der Waals surface area contributed by atoms with Gasteiger partial charge in [0.05, 0.1) is 6.61 Å². The highest BCUT2D eigenvalue weighted by molar-refractivity contribution is 7.81. The van der Waals surface area contributed by atoms with Gasteiger partial charge in [-0.1, -0.05) is 26.1 Å². The van der Waals surface area contributed by atoms with Gasteiger partial charge in [0.1, 0.15) is 0 Å². The second kappa shape index (κ2) is 10.5. The van der Waals surface area contributed by atoms with Crippen LogP contribution in [0.4, 0.5) is 35.1 Å². The summed E-state index contributed by atoms with van der Waals surface area (Å²) in [6, 6.07) is 0. The van der Waals surface area contributed by atoms with Gasteiger partial charge in [0, 0.05) is 13.0 Å². The number of rotatable bonds is 12. The fraction of sp³-hybridized carbons (Fsp3) is 0.733. The maximum Gasteiger partial charge on any atom is 0.466 e. The molecular weight excluding hydrogens is 442 g/mol. The normalized spacial score (nSPS) is 14.8. The van der Waals surface area contributed by atoms with Gasteiger partial charge in [-0.15, -0.1) is 0 Å². The Labute approximate surface area is 166 Å². The van der Waals surface area contributed by atoms with E-state index in [4.69, 9.17) is 0 Å². The quantitative estimate of drug-likeness (QED) is 0.115. The number of hydrogen-bond acceptors (Lipinski definition) is 5. The predicted octanol–water partition coefficient (Wildman–Crippen LogP) is 4.14. The lowest BCUT2D eigenvalue weighted by atomic mass is 10.1. The third kappa shape index (κ3) is 7.64. The van der Waals surface area contributed by atoms with Crippen LogP contribution in [-0.2, 0) is 19.1 Å². The highest BCUT2D eigenvalue weighted by Crippen LogP contribution is 2.41. The number of nitrogens with one attached hydrogen (secondary N) is 1. The van der Waals surface area contributed by atoms with Crippen LogP contribution in [-0.4, -0.2) is 48.2 Å². The number of carbonyl (C=O) groups excluding carboxylic acids is 2. The van der Waals surface area contributed by atoms with E-state index in [0.717, 1.165) is 0 Å². The summed E-state index contributed by atoms with van der Waals surface area (Å²) in [6.07, 6.45) is -8.38. The van der Waals surface area contributed by atoms with Gasteiger partial charge in [-0.3, -0.25) is 4.79 Å². The molecule has 14 heteroatoms. The van der Waals surface area contributed by atoms with E-state index in [1.807, 2.05) is 0 Å². The minimum Gasteiger partial charge on any atom is -0.410 e. The van der Waals surface area contributed by atoms with Crippen molar-refractivity contribution in [1.82, 2.24) is 5.32 Å². The molecule has 1 amide bonds. The summed E-state index contributed by atoms with van der Waals surface area (Å²) in [5, 5.41) is -2.89. The Bertz CT molecular complexity index is 594. The number of amides is 1. The van der Waals surface area contributed by atoms with Gasteiger partial charge < -0.3 is 14.8 Å². The molecule has 0 aromatic carbocycles. The number of unbranched alkanes of at least 4 members (excludes halogenated alkanes) is 1. The van der Waals surface area contributed by atoms with E-state index < -0.39 is 66.7 Å². The molecule has 0 aliphatic rings. The van der Waals surface area contributed by atoms with Crippen LogP contribution in [0.3, 0.4) is 0 Å². The van der Waals surface area contributed by atoms with E-state index in [2.05, 4.69) is 28.7 Å². The van der Waals surface area contributed by atoms with Crippen molar-refractivity contribution in [2.24, 2.45) is 0 Å². The third-order valence-electron chi connectivity index (χ3n) is 3.30. The molecule has 0 saturated carbocycles. The van der Waals surface area contributed by atoms with Crippen LogP contribution in [0.2, 0.25) is 0 Å². The maximum absolute atomic E-state index is 13.5. The fourth-order valence-electron chi connectivity index (χ4n) is 1.77. The van der Waals surface area contributed by atoms with Gasteiger partial charge in [-0.05, 0) is 19.3 Å². The Morgan fingerprint density at radius 1 is 1.07 bits per heavy atom. The Morgan fingerprint density at radius 2 is 1.62 bits per heavy atom. The van der Waals surface area contributed by atoms with E-state index in [9.17, 15) is 44.7 Å². The first kappa shape index (κ1) is 27.4. The molecule has 0 radical (unpaired) electrons. The largest absolute Gasteiger partial charge is 0.466 e. The summed E-state index contributed by atoms with van der Waals surface area (Å²) >= 11 is 2.44. The van der Waals surface area contributed by atoms with Crippen LogP contribution < -0.4 is 5.32 Å². The second-order valence-electron chi connectivity index (χ2n) is 5.72. The summed E-state index contributed by atoms with van der Waals surface area (Å²) in [7, 11) is 0. The number of carbonyl (C=O) groups is 2. The smallest absolute Gasteiger partial charge is 0.410 e. The van der Waals surface area contributed by atoms with Crippen LogP contribution in [0, 0.1) is 0 Å². The number of halogens is 8. The van der Waals surface area contributed by atoms with Gasteiger partial charge in [0.25, 0.3) is 0 Å². The SMILES string of the molecule is C=C(F)C(=O)OC(OCCCCC(F)(F)C(F)(F)S)(C(=O)NCCC)C(F)(F)F. The van der Waals surface area contributed by atoms with Crippen molar-refractivity contribution >= 4 is 24.5 Å². The molecule has 1 unspecified atom stereocenters. The van der Waals surface area contributed by atoms with Crippen LogP contribution in [0.25, 0.3) is 0 Å². The molecule has 170 valence electrons. The Hall–Kier alpha value is -1.57. The second-order valence-corrected chi connectivity index (χ2v) is 6.28. The number of ether oxygens (including phenoxy) is 2. The van der Waals surface area contributed by atoms with E-state index in [0.29, 0.717) is 0 Å². The van der Waals surface area contributed by atoms with Crippen molar-refractivity contribution in [1.29, 1.82) is 0 Å². The van der Waals surface area contributed by atoms with Gasteiger partial charge in [-0.25, -0.2) is 4.79 Å². The molecule has 0 aliphatic carbocycles. The zero-order valence-corrected chi connectivity index (χ0v) is 15.9. The Kier molecular flexibility index (Phi) is 9.89. The molecular formula is C15H19F8NO4S. The average Bonchev–Trinajstić information content (AvgIpc) is 2.55. The van der Waals surface area contributed by atoms with Crippen LogP contribution >= 0.6 is 12.6 Å². The van der Waals surface area contributed by atoms with Gasteiger partial charge >= 0.3 is 35.0 Å². The van der Waals surface area contributed by atoms with Gasteiger partial charge in [-0.2, -0.15) is 35.1 Å². The standard InChI is InChI=1S/C15H19F8NO4S/c1-3-7-24-11(26)13(14(19,20)21,28-10(25)9(2)16)27-8-5-4-6-12(17,18)15(22,23)29/h29H,2-8H2,1H3,(H,24,26). The van der Waals surface area contributed by atoms with Crippen molar-refractivity contribution in [2.75, 3.05) is 13.2 Å². The lowest BCUT2D eigenvalue weighted by molar-refractivity contribution is -0.347. The lowest BCUT2D eigenvalue weighted by Gasteiger charge is -2.33. The molecule has 0 aliphatic heterocycles. The average molecular weight is 461 g/mol. The van der Waals surface area contributed by atoms with Crippen LogP contribution in [0.15, 0.2) is 12.4 Å². The molecule has 0 heterocycles. The van der Waals surface area contributed by atoms with E-state index in [-0.39, 0.29) is 13.0 Å². The van der Waals surface area contributed by atoms with Gasteiger partial charge in [0.2, 0.25) is 5.83 Å². The topological polar surface area (TPSA) is 64.6 Å². The molecule has 0 aromatic rings. The summed E-state index contributed by atoms with van der Waals surface area (Å²) in [5.41, 5.74) is 0. The zero-order chi connectivity index (χ0) is 23.1. The van der Waals surface area contributed by atoms with E-state index >= 15 is 0 Å². The number of hydrogen-bond donors (Lipinski definition) is 2. The zero-order valence-electron chi connectivity index (χ0n) is 15.1. The molecule has 0 saturated heterocycles. The molecule has 0 bridgehead atoms. The summed E-state index contributed by atoms with van der Waals surface area (Å²) in [4.78, 5) is 23.2. The van der Waals surface area contributed by atoms with Crippen molar-refractivity contribution in [3.63, 3.8) is 0 Å². The van der Waals surface area contributed by atoms with E-state index in [1.165, 1.54) is 6.92 Å². The molecule has 1 atom stereocenters. The van der Waals surface area contributed by atoms with E-state index in [1.54, 1.807) is 5.32 Å². The number of thiol groups is 1. The van der Waals surface area contributed by atoms with Crippen molar-refractivity contribution in [2.45, 2.75) is 55.7 Å². The third-order valence-corrected chi connectivity index (χ3v) is 3.62. The first-order valence-corrected chi connectivity index (χ1v) is 8.51. The van der Waals surface area contributed by atoms with Crippen molar-refractivity contribution in [3.8, 4) is 0 Å². The van der Waals surface area contributed by atoms with Crippen LogP contribution in [0.1, 0.15) is 32.6 Å². The molecule has 0 spiro atoms. The Morgan fingerprint density at radius 3 is 2.03 bits per heavy atom. The minimum absolute atomic E-state index is 0.177. The minimum atomic E-state index is -5.70. The van der Waals surface area contributed by atoms with Crippen molar-refractivity contribution in [3.05, 3.63) is 12.4 Å². The van der Waals surface area contributed by atoms with Crippen molar-refractivity contribution < 1.29 is 54.2 Å². The maximum atomic E-state index is 13.5. The Balaban J connectivity index is 5.36. The molecule has 5 nitrogen and oxygen atoms in total. The number of alkyl halides is 7. The first-order chi connectivity index (χ1) is 13.0.